The first-order chi connectivity index (χ1) is 10.5. The van der Waals surface area contributed by atoms with E-state index < -0.39 is 17.8 Å². The molecule has 3 heterocycles. The minimum absolute atomic E-state index is 0.0306. The standard InChI is InChI=1S/C13H13N5O4/c1-2-15-10(19)11(20)17(12(15)21)7-8-18-13(22)16-6-4-3-5-9(16)14-18/h3-6H,2,7-8H2,1H3. The Morgan fingerprint density at radius 1 is 1.00 bits per heavy atom. The molecule has 1 aliphatic rings. The lowest BCUT2D eigenvalue weighted by atomic mass is 10.5. The van der Waals surface area contributed by atoms with Crippen molar-refractivity contribution in [3.63, 3.8) is 0 Å². The van der Waals surface area contributed by atoms with Crippen molar-refractivity contribution < 1.29 is 14.4 Å². The Morgan fingerprint density at radius 2 is 1.73 bits per heavy atom. The Morgan fingerprint density at radius 3 is 2.36 bits per heavy atom. The van der Waals surface area contributed by atoms with E-state index in [0.29, 0.717) is 5.65 Å². The van der Waals surface area contributed by atoms with Crippen LogP contribution in [-0.2, 0) is 16.1 Å². The SMILES string of the molecule is CCN1C(=O)C(=O)N(CCn2nc3ccccn3c2=O)C1=O. The fraction of sp³-hybridized carbons (Fsp3) is 0.308. The van der Waals surface area contributed by atoms with Gasteiger partial charge in [0.2, 0.25) is 0 Å². The van der Waals surface area contributed by atoms with Gasteiger partial charge in [0.1, 0.15) is 0 Å². The third kappa shape index (κ3) is 1.98. The lowest BCUT2D eigenvalue weighted by Gasteiger charge is -2.13. The number of hydrogen-bond donors (Lipinski definition) is 0. The van der Waals surface area contributed by atoms with Crippen LogP contribution in [0.1, 0.15) is 6.92 Å². The van der Waals surface area contributed by atoms with Crippen LogP contribution in [0.15, 0.2) is 29.2 Å². The number of carbonyl (C=O) groups is 3. The van der Waals surface area contributed by atoms with Crippen LogP contribution in [0.5, 0.6) is 0 Å². The highest BCUT2D eigenvalue weighted by molar-refractivity contribution is 6.44. The van der Waals surface area contributed by atoms with Gasteiger partial charge in [0.15, 0.2) is 5.65 Å². The maximum absolute atomic E-state index is 12.1. The first kappa shape index (κ1) is 14.0. The van der Waals surface area contributed by atoms with Crippen molar-refractivity contribution in [1.82, 2.24) is 24.0 Å². The van der Waals surface area contributed by atoms with Gasteiger partial charge in [-0.05, 0) is 19.1 Å². The van der Waals surface area contributed by atoms with Crippen molar-refractivity contribution in [2.75, 3.05) is 13.1 Å². The number of pyridine rings is 1. The highest BCUT2D eigenvalue weighted by atomic mass is 16.2. The molecule has 2 aromatic rings. The van der Waals surface area contributed by atoms with Gasteiger partial charge in [0.05, 0.1) is 13.1 Å². The number of amides is 4. The molecule has 9 heteroatoms. The van der Waals surface area contributed by atoms with Crippen LogP contribution < -0.4 is 5.69 Å². The van der Waals surface area contributed by atoms with Crippen LogP contribution >= 0.6 is 0 Å². The van der Waals surface area contributed by atoms with E-state index in [0.717, 1.165) is 14.5 Å². The molecule has 0 atom stereocenters. The van der Waals surface area contributed by atoms with Crippen molar-refractivity contribution in [2.45, 2.75) is 13.5 Å². The molecule has 0 aromatic carbocycles. The van der Waals surface area contributed by atoms with Crippen molar-refractivity contribution >= 4 is 23.5 Å². The van der Waals surface area contributed by atoms with E-state index in [1.807, 2.05) is 0 Å². The average molecular weight is 303 g/mol. The molecule has 0 unspecified atom stereocenters. The Hall–Kier alpha value is -2.97. The van der Waals surface area contributed by atoms with Crippen LogP contribution in [0.2, 0.25) is 0 Å². The van der Waals surface area contributed by atoms with E-state index in [1.54, 1.807) is 31.3 Å². The second kappa shape index (κ2) is 5.10. The van der Waals surface area contributed by atoms with Gasteiger partial charge in [-0.15, -0.1) is 5.10 Å². The average Bonchev–Trinajstić information content (AvgIpc) is 2.94. The summed E-state index contributed by atoms with van der Waals surface area (Å²) in [5.41, 5.74) is 0.103. The quantitative estimate of drug-likeness (QED) is 0.550. The van der Waals surface area contributed by atoms with E-state index in [9.17, 15) is 19.2 Å². The van der Waals surface area contributed by atoms with Gasteiger partial charge in [-0.3, -0.25) is 23.8 Å². The van der Waals surface area contributed by atoms with Gasteiger partial charge in [0, 0.05) is 12.7 Å². The Kier molecular flexibility index (Phi) is 3.24. The van der Waals surface area contributed by atoms with Gasteiger partial charge < -0.3 is 0 Å². The molecule has 1 saturated heterocycles. The number of aromatic nitrogens is 3. The van der Waals surface area contributed by atoms with Crippen LogP contribution in [0.4, 0.5) is 4.79 Å². The van der Waals surface area contributed by atoms with Crippen molar-refractivity contribution in [2.24, 2.45) is 0 Å². The number of fused-ring (bicyclic) bond motifs is 1. The predicted octanol–water partition coefficient (Wildman–Crippen LogP) is -0.693. The number of imide groups is 2. The highest BCUT2D eigenvalue weighted by Crippen LogP contribution is 2.11. The van der Waals surface area contributed by atoms with E-state index in [1.165, 1.54) is 4.40 Å². The number of carbonyl (C=O) groups excluding carboxylic acids is 3. The predicted molar refractivity (Wildman–Crippen MR) is 73.9 cm³/mol. The minimum atomic E-state index is -0.872. The summed E-state index contributed by atoms with van der Waals surface area (Å²) < 4.78 is 2.52. The highest BCUT2D eigenvalue weighted by Gasteiger charge is 2.43. The van der Waals surface area contributed by atoms with Gasteiger partial charge in [-0.25, -0.2) is 14.3 Å². The zero-order valence-electron chi connectivity index (χ0n) is 11.8. The largest absolute Gasteiger partial charge is 0.350 e. The Bertz CT molecular complexity index is 836. The van der Waals surface area contributed by atoms with E-state index >= 15 is 0 Å². The Balaban J connectivity index is 1.81. The van der Waals surface area contributed by atoms with E-state index in [-0.39, 0.29) is 25.3 Å². The first-order valence-corrected chi connectivity index (χ1v) is 6.76. The van der Waals surface area contributed by atoms with Gasteiger partial charge in [-0.2, -0.15) is 0 Å². The minimum Gasteiger partial charge on any atom is -0.263 e. The molecule has 0 bridgehead atoms. The smallest absolute Gasteiger partial charge is 0.263 e. The maximum Gasteiger partial charge on any atom is 0.350 e. The molecule has 9 nitrogen and oxygen atoms in total. The number of nitrogens with zero attached hydrogens (tertiary/aromatic N) is 5. The van der Waals surface area contributed by atoms with Crippen LogP contribution in [0, 0.1) is 0 Å². The molecule has 0 aliphatic carbocycles. The van der Waals surface area contributed by atoms with E-state index in [2.05, 4.69) is 5.10 Å². The molecular weight excluding hydrogens is 290 g/mol. The summed E-state index contributed by atoms with van der Waals surface area (Å²) in [5, 5.41) is 4.10. The van der Waals surface area contributed by atoms with Crippen molar-refractivity contribution in [1.29, 1.82) is 0 Å². The molecular formula is C13H13N5O4. The first-order valence-electron chi connectivity index (χ1n) is 6.76. The van der Waals surface area contributed by atoms with Crippen molar-refractivity contribution in [3.05, 3.63) is 34.9 Å². The summed E-state index contributed by atoms with van der Waals surface area (Å²) in [6, 6.07) is 4.46. The molecule has 0 saturated carbocycles. The second-order valence-corrected chi connectivity index (χ2v) is 4.72. The van der Waals surface area contributed by atoms with Crippen LogP contribution in [-0.4, -0.2) is 54.9 Å². The monoisotopic (exact) mass is 303 g/mol. The fourth-order valence-corrected chi connectivity index (χ4v) is 2.33. The summed E-state index contributed by atoms with van der Waals surface area (Å²) in [6.07, 6.45) is 1.58. The molecule has 2 aromatic heterocycles. The lowest BCUT2D eigenvalue weighted by Crippen LogP contribution is -2.37. The number of urea groups is 1. The topological polar surface area (TPSA) is 97.0 Å². The third-order valence-electron chi connectivity index (χ3n) is 3.48. The lowest BCUT2D eigenvalue weighted by molar-refractivity contribution is -0.143. The molecule has 4 amide bonds. The summed E-state index contributed by atoms with van der Waals surface area (Å²) in [5.74, 6) is -1.71. The molecule has 1 fully saturated rings. The summed E-state index contributed by atoms with van der Waals surface area (Å²) >= 11 is 0. The maximum atomic E-state index is 12.1. The summed E-state index contributed by atoms with van der Waals surface area (Å²) in [7, 11) is 0. The third-order valence-corrected chi connectivity index (χ3v) is 3.48. The number of rotatable bonds is 4. The molecule has 0 radical (unpaired) electrons. The van der Waals surface area contributed by atoms with Gasteiger partial charge >= 0.3 is 23.5 Å². The zero-order valence-corrected chi connectivity index (χ0v) is 11.8. The van der Waals surface area contributed by atoms with E-state index in [4.69, 9.17) is 0 Å². The van der Waals surface area contributed by atoms with Gasteiger partial charge in [-0.1, -0.05) is 6.07 Å². The van der Waals surface area contributed by atoms with Gasteiger partial charge in [0.25, 0.3) is 0 Å². The van der Waals surface area contributed by atoms with Crippen LogP contribution in [0.3, 0.4) is 0 Å². The fourth-order valence-electron chi connectivity index (χ4n) is 2.33. The number of hydrogen-bond acceptors (Lipinski definition) is 5. The molecule has 1 aliphatic heterocycles. The number of likely N-dealkylation sites (N-methyl/N-ethyl adjacent to an activating group) is 1. The zero-order chi connectivity index (χ0) is 15.9. The summed E-state index contributed by atoms with van der Waals surface area (Å²) in [6.45, 7) is 1.69. The summed E-state index contributed by atoms with van der Waals surface area (Å²) in [4.78, 5) is 49.1. The van der Waals surface area contributed by atoms with Crippen LogP contribution in [0.25, 0.3) is 5.65 Å². The Labute approximate surface area is 124 Å². The molecule has 0 N–H and O–H groups in total. The second-order valence-electron chi connectivity index (χ2n) is 4.72. The normalized spacial score (nSPS) is 15.4. The molecule has 0 spiro atoms. The van der Waals surface area contributed by atoms with Crippen molar-refractivity contribution in [3.8, 4) is 0 Å². The molecule has 22 heavy (non-hydrogen) atoms. The molecule has 3 rings (SSSR count). The molecule has 114 valence electrons.